The number of hydrogen-bond donors (Lipinski definition) is 1. The maximum absolute atomic E-state index is 12.1. The van der Waals surface area contributed by atoms with Crippen LogP contribution in [0.4, 0.5) is 4.79 Å². The van der Waals surface area contributed by atoms with E-state index in [1.54, 1.807) is 7.11 Å². The summed E-state index contributed by atoms with van der Waals surface area (Å²) in [6.45, 7) is 7.84. The lowest BCUT2D eigenvalue weighted by atomic mass is 10.2. The van der Waals surface area contributed by atoms with Crippen LogP contribution in [0.2, 0.25) is 0 Å². The molecule has 134 valence electrons. The average Bonchev–Trinajstić information content (AvgIpc) is 2.64. The third-order valence-corrected chi connectivity index (χ3v) is 4.19. The number of piperazine rings is 1. The van der Waals surface area contributed by atoms with Gasteiger partial charge in [-0.15, -0.1) is 0 Å². The van der Waals surface area contributed by atoms with Gasteiger partial charge in [-0.3, -0.25) is 4.90 Å². The van der Waals surface area contributed by atoms with Crippen molar-refractivity contribution >= 4 is 6.03 Å². The van der Waals surface area contributed by atoms with Gasteiger partial charge in [0.15, 0.2) is 0 Å². The third-order valence-electron chi connectivity index (χ3n) is 4.19. The molecule has 1 N–H and O–H groups in total. The highest BCUT2D eigenvalue weighted by Crippen LogP contribution is 2.16. The molecule has 2 amide bonds. The zero-order valence-electron chi connectivity index (χ0n) is 14.8. The van der Waals surface area contributed by atoms with Crippen LogP contribution in [-0.4, -0.2) is 68.8 Å². The maximum Gasteiger partial charge on any atom is 0.317 e. The Morgan fingerprint density at radius 3 is 2.42 bits per heavy atom. The summed E-state index contributed by atoms with van der Waals surface area (Å²) in [6, 6.07) is 7.42. The van der Waals surface area contributed by atoms with E-state index in [-0.39, 0.29) is 6.03 Å². The SMILES string of the molecule is CCCCN1CCN(C(=O)NCCOc2ccc(OC)cc2)CC1. The standard InChI is InChI=1S/C18H29N3O3/c1-3-4-10-20-11-13-21(14-12-20)18(22)19-9-15-24-17-7-5-16(23-2)6-8-17/h5-8H,3-4,9-15H2,1-2H3,(H,19,22). The molecule has 1 heterocycles. The Kier molecular flexibility index (Phi) is 7.68. The van der Waals surface area contributed by atoms with Crippen LogP contribution in [0.15, 0.2) is 24.3 Å². The quantitative estimate of drug-likeness (QED) is 0.740. The lowest BCUT2D eigenvalue weighted by Crippen LogP contribution is -2.52. The van der Waals surface area contributed by atoms with Gasteiger partial charge in [0.05, 0.1) is 13.7 Å². The van der Waals surface area contributed by atoms with E-state index in [1.165, 1.54) is 12.8 Å². The van der Waals surface area contributed by atoms with Crippen LogP contribution in [0.1, 0.15) is 19.8 Å². The highest BCUT2D eigenvalue weighted by atomic mass is 16.5. The van der Waals surface area contributed by atoms with Crippen molar-refractivity contribution in [2.24, 2.45) is 0 Å². The first-order valence-electron chi connectivity index (χ1n) is 8.75. The molecule has 1 saturated heterocycles. The molecule has 0 unspecified atom stereocenters. The number of nitrogens with one attached hydrogen (secondary N) is 1. The van der Waals surface area contributed by atoms with Crippen molar-refractivity contribution in [2.75, 3.05) is 53.0 Å². The van der Waals surface area contributed by atoms with E-state index in [4.69, 9.17) is 9.47 Å². The number of nitrogens with zero attached hydrogens (tertiary/aromatic N) is 2. The molecule has 0 atom stereocenters. The van der Waals surface area contributed by atoms with Crippen LogP contribution in [0.5, 0.6) is 11.5 Å². The largest absolute Gasteiger partial charge is 0.497 e. The number of methoxy groups -OCH3 is 1. The Labute approximate surface area is 144 Å². The second-order valence-electron chi connectivity index (χ2n) is 5.94. The molecule has 24 heavy (non-hydrogen) atoms. The number of unbranched alkanes of at least 4 members (excludes halogenated alkanes) is 1. The highest BCUT2D eigenvalue weighted by molar-refractivity contribution is 5.74. The van der Waals surface area contributed by atoms with Gasteiger partial charge in [-0.25, -0.2) is 4.79 Å². The predicted molar refractivity (Wildman–Crippen MR) is 94.8 cm³/mol. The average molecular weight is 335 g/mol. The van der Waals surface area contributed by atoms with E-state index in [0.29, 0.717) is 13.2 Å². The van der Waals surface area contributed by atoms with Crippen LogP contribution in [0.25, 0.3) is 0 Å². The monoisotopic (exact) mass is 335 g/mol. The molecule has 0 aromatic heterocycles. The first kappa shape index (κ1) is 18.4. The minimum atomic E-state index is 0.00322. The second-order valence-corrected chi connectivity index (χ2v) is 5.94. The first-order chi connectivity index (χ1) is 11.7. The smallest absolute Gasteiger partial charge is 0.317 e. The Morgan fingerprint density at radius 1 is 1.12 bits per heavy atom. The van der Waals surface area contributed by atoms with Crippen molar-refractivity contribution in [3.63, 3.8) is 0 Å². The van der Waals surface area contributed by atoms with Crippen LogP contribution in [-0.2, 0) is 0 Å². The molecule has 0 spiro atoms. The van der Waals surface area contributed by atoms with Crippen LogP contribution in [0, 0.1) is 0 Å². The number of rotatable bonds is 8. The summed E-state index contributed by atoms with van der Waals surface area (Å²) in [6.07, 6.45) is 2.45. The summed E-state index contributed by atoms with van der Waals surface area (Å²) in [5.74, 6) is 1.57. The first-order valence-corrected chi connectivity index (χ1v) is 8.75. The van der Waals surface area contributed by atoms with Crippen LogP contribution >= 0.6 is 0 Å². The zero-order chi connectivity index (χ0) is 17.2. The molecule has 0 aliphatic carbocycles. The summed E-state index contributed by atoms with van der Waals surface area (Å²) >= 11 is 0. The van der Waals surface area contributed by atoms with E-state index in [2.05, 4.69) is 17.1 Å². The molecular formula is C18H29N3O3. The third kappa shape index (κ3) is 5.92. The lowest BCUT2D eigenvalue weighted by molar-refractivity contribution is 0.137. The zero-order valence-corrected chi connectivity index (χ0v) is 14.8. The van der Waals surface area contributed by atoms with Crippen molar-refractivity contribution < 1.29 is 14.3 Å². The number of ether oxygens (including phenoxy) is 2. The molecule has 2 rings (SSSR count). The van der Waals surface area contributed by atoms with Gasteiger partial charge < -0.3 is 19.7 Å². The summed E-state index contributed by atoms with van der Waals surface area (Å²) in [5, 5.41) is 2.92. The summed E-state index contributed by atoms with van der Waals surface area (Å²) in [7, 11) is 1.63. The Balaban J connectivity index is 1.59. The Hall–Kier alpha value is -1.95. The van der Waals surface area contributed by atoms with Crippen LogP contribution < -0.4 is 14.8 Å². The van der Waals surface area contributed by atoms with E-state index < -0.39 is 0 Å². The van der Waals surface area contributed by atoms with Gasteiger partial charge in [0.25, 0.3) is 0 Å². The van der Waals surface area contributed by atoms with E-state index >= 15 is 0 Å². The van der Waals surface area contributed by atoms with Gasteiger partial charge in [-0.2, -0.15) is 0 Å². The maximum atomic E-state index is 12.1. The molecule has 6 heteroatoms. The number of carbonyl (C=O) groups excluding carboxylic acids is 1. The summed E-state index contributed by atoms with van der Waals surface area (Å²) in [4.78, 5) is 16.5. The molecule has 1 aliphatic rings. The molecule has 0 saturated carbocycles. The minimum absolute atomic E-state index is 0.00322. The number of carbonyl (C=O) groups is 1. The highest BCUT2D eigenvalue weighted by Gasteiger charge is 2.20. The molecule has 0 radical (unpaired) electrons. The predicted octanol–water partition coefficient (Wildman–Crippen LogP) is 2.20. The van der Waals surface area contributed by atoms with E-state index in [0.717, 1.165) is 44.2 Å². The topological polar surface area (TPSA) is 54.0 Å². The fraction of sp³-hybridized carbons (Fsp3) is 0.611. The van der Waals surface area contributed by atoms with Gasteiger partial charge in [-0.1, -0.05) is 13.3 Å². The second kappa shape index (κ2) is 10.0. The van der Waals surface area contributed by atoms with Gasteiger partial charge in [-0.05, 0) is 37.2 Å². The number of amides is 2. The summed E-state index contributed by atoms with van der Waals surface area (Å²) in [5.41, 5.74) is 0. The van der Waals surface area contributed by atoms with Gasteiger partial charge in [0.1, 0.15) is 18.1 Å². The molecule has 1 aliphatic heterocycles. The number of urea groups is 1. The Morgan fingerprint density at radius 2 is 1.79 bits per heavy atom. The van der Waals surface area contributed by atoms with Gasteiger partial charge in [0, 0.05) is 26.2 Å². The Bertz CT molecular complexity index is 485. The molecule has 1 aromatic carbocycles. The normalized spacial score (nSPS) is 15.2. The molecule has 0 bridgehead atoms. The molecule has 1 fully saturated rings. The molecule has 1 aromatic rings. The van der Waals surface area contributed by atoms with E-state index in [9.17, 15) is 4.79 Å². The van der Waals surface area contributed by atoms with Crippen molar-refractivity contribution in [1.82, 2.24) is 15.1 Å². The van der Waals surface area contributed by atoms with Crippen molar-refractivity contribution in [3.8, 4) is 11.5 Å². The van der Waals surface area contributed by atoms with E-state index in [1.807, 2.05) is 29.2 Å². The summed E-state index contributed by atoms with van der Waals surface area (Å²) < 4.78 is 10.7. The van der Waals surface area contributed by atoms with Crippen molar-refractivity contribution in [2.45, 2.75) is 19.8 Å². The molecular weight excluding hydrogens is 306 g/mol. The van der Waals surface area contributed by atoms with Crippen molar-refractivity contribution in [1.29, 1.82) is 0 Å². The van der Waals surface area contributed by atoms with Gasteiger partial charge in [0.2, 0.25) is 0 Å². The molecule has 6 nitrogen and oxygen atoms in total. The van der Waals surface area contributed by atoms with Crippen LogP contribution in [0.3, 0.4) is 0 Å². The minimum Gasteiger partial charge on any atom is -0.497 e. The van der Waals surface area contributed by atoms with Gasteiger partial charge >= 0.3 is 6.03 Å². The fourth-order valence-corrected chi connectivity index (χ4v) is 2.67. The number of hydrogen-bond acceptors (Lipinski definition) is 4. The lowest BCUT2D eigenvalue weighted by Gasteiger charge is -2.34. The fourth-order valence-electron chi connectivity index (χ4n) is 2.67. The van der Waals surface area contributed by atoms with Crippen molar-refractivity contribution in [3.05, 3.63) is 24.3 Å². The number of benzene rings is 1.